The first-order valence-corrected chi connectivity index (χ1v) is 6.34. The number of carbonyl (C=O) groups excluding carboxylic acids is 1. The van der Waals surface area contributed by atoms with Crippen LogP contribution in [0.5, 0.6) is 0 Å². The molecular formula is C11H16ClN5O. The monoisotopic (exact) mass is 269 g/mol. The van der Waals surface area contributed by atoms with Crippen molar-refractivity contribution in [1.29, 1.82) is 0 Å². The van der Waals surface area contributed by atoms with E-state index in [0.717, 1.165) is 25.9 Å². The Labute approximate surface area is 111 Å². The van der Waals surface area contributed by atoms with E-state index in [1.807, 2.05) is 4.90 Å². The predicted molar refractivity (Wildman–Crippen MR) is 70.4 cm³/mol. The molecule has 6 nitrogen and oxygen atoms in total. The van der Waals surface area contributed by atoms with Crippen molar-refractivity contribution in [1.82, 2.24) is 14.9 Å². The molecule has 0 unspecified atom stereocenters. The van der Waals surface area contributed by atoms with E-state index in [-0.39, 0.29) is 11.9 Å². The molecule has 0 saturated carbocycles. The van der Waals surface area contributed by atoms with Crippen molar-refractivity contribution in [2.75, 3.05) is 30.7 Å². The lowest BCUT2D eigenvalue weighted by Crippen LogP contribution is -2.29. The second kappa shape index (κ2) is 5.86. The number of hydrogen-bond donors (Lipinski definition) is 2. The number of nitrogens with two attached hydrogens (primary N) is 1. The van der Waals surface area contributed by atoms with Gasteiger partial charge in [-0.1, -0.05) is 11.6 Å². The summed E-state index contributed by atoms with van der Waals surface area (Å²) in [6.07, 6.45) is 4.08. The number of halogens is 1. The predicted octanol–water partition coefficient (Wildman–Crippen LogP) is 1.14. The minimum absolute atomic E-state index is 0.160. The van der Waals surface area contributed by atoms with Gasteiger partial charge in [0.2, 0.25) is 11.9 Å². The SMILES string of the molecule is Nc1ncc(Cl)c(NCCC(=O)N2CCCC2)n1. The van der Waals surface area contributed by atoms with Crippen molar-refractivity contribution in [2.24, 2.45) is 0 Å². The third-order valence-corrected chi connectivity index (χ3v) is 3.13. The molecule has 98 valence electrons. The average Bonchev–Trinajstić information content (AvgIpc) is 2.87. The molecule has 0 atom stereocenters. The van der Waals surface area contributed by atoms with Gasteiger partial charge in [0.05, 0.1) is 6.20 Å². The quantitative estimate of drug-likeness (QED) is 0.856. The minimum Gasteiger partial charge on any atom is -0.368 e. The molecule has 0 aromatic carbocycles. The molecule has 1 amide bonds. The number of carbonyl (C=O) groups is 1. The summed E-state index contributed by atoms with van der Waals surface area (Å²) in [7, 11) is 0. The van der Waals surface area contributed by atoms with Gasteiger partial charge in [-0.15, -0.1) is 0 Å². The van der Waals surface area contributed by atoms with Gasteiger partial charge in [-0.25, -0.2) is 4.98 Å². The molecule has 1 aliphatic heterocycles. The summed E-state index contributed by atoms with van der Waals surface area (Å²) in [6.45, 7) is 2.24. The van der Waals surface area contributed by atoms with Crippen LogP contribution in [-0.2, 0) is 4.79 Å². The van der Waals surface area contributed by atoms with Gasteiger partial charge < -0.3 is 16.0 Å². The van der Waals surface area contributed by atoms with Gasteiger partial charge in [0.1, 0.15) is 10.8 Å². The number of amides is 1. The number of hydrogen-bond acceptors (Lipinski definition) is 5. The Hall–Kier alpha value is -1.56. The Morgan fingerprint density at radius 3 is 2.94 bits per heavy atom. The highest BCUT2D eigenvalue weighted by molar-refractivity contribution is 6.32. The van der Waals surface area contributed by atoms with Crippen molar-refractivity contribution in [2.45, 2.75) is 19.3 Å². The first-order valence-electron chi connectivity index (χ1n) is 5.96. The molecular weight excluding hydrogens is 254 g/mol. The minimum atomic E-state index is 0.160. The number of nitrogens with one attached hydrogen (secondary N) is 1. The number of nitrogens with zero attached hydrogens (tertiary/aromatic N) is 3. The molecule has 3 N–H and O–H groups in total. The number of nitrogen functional groups attached to an aromatic ring is 1. The standard InChI is InChI=1S/C11H16ClN5O/c12-8-7-15-11(13)16-10(8)14-4-3-9(18)17-5-1-2-6-17/h7H,1-6H2,(H3,13,14,15,16). The third-order valence-electron chi connectivity index (χ3n) is 2.85. The maximum atomic E-state index is 11.8. The highest BCUT2D eigenvalue weighted by Crippen LogP contribution is 2.18. The van der Waals surface area contributed by atoms with Crippen LogP contribution in [0.3, 0.4) is 0 Å². The Morgan fingerprint density at radius 2 is 2.22 bits per heavy atom. The van der Waals surface area contributed by atoms with Gasteiger partial charge in [-0.2, -0.15) is 4.98 Å². The van der Waals surface area contributed by atoms with Crippen LogP contribution in [0.15, 0.2) is 6.20 Å². The van der Waals surface area contributed by atoms with Gasteiger partial charge in [0.15, 0.2) is 0 Å². The Bertz CT molecular complexity index is 433. The van der Waals surface area contributed by atoms with E-state index in [2.05, 4.69) is 15.3 Å². The van der Waals surface area contributed by atoms with Gasteiger partial charge in [-0.05, 0) is 12.8 Å². The van der Waals surface area contributed by atoms with Crippen LogP contribution >= 0.6 is 11.6 Å². The van der Waals surface area contributed by atoms with Gasteiger partial charge >= 0.3 is 0 Å². The highest BCUT2D eigenvalue weighted by Gasteiger charge is 2.17. The van der Waals surface area contributed by atoms with Gasteiger partial charge in [0.25, 0.3) is 0 Å². The lowest BCUT2D eigenvalue weighted by molar-refractivity contribution is -0.129. The Morgan fingerprint density at radius 1 is 1.50 bits per heavy atom. The first-order chi connectivity index (χ1) is 8.66. The maximum Gasteiger partial charge on any atom is 0.224 e. The number of aromatic nitrogens is 2. The van der Waals surface area contributed by atoms with E-state index >= 15 is 0 Å². The molecule has 1 saturated heterocycles. The third kappa shape index (κ3) is 3.22. The van der Waals surface area contributed by atoms with Crippen molar-refractivity contribution >= 4 is 29.3 Å². The smallest absolute Gasteiger partial charge is 0.224 e. The fraction of sp³-hybridized carbons (Fsp3) is 0.545. The van der Waals surface area contributed by atoms with E-state index in [1.165, 1.54) is 6.20 Å². The van der Waals surface area contributed by atoms with Crippen LogP contribution in [0.1, 0.15) is 19.3 Å². The Balaban J connectivity index is 1.81. The normalized spacial score (nSPS) is 14.8. The number of anilines is 2. The summed E-state index contributed by atoms with van der Waals surface area (Å²) in [5.41, 5.74) is 5.46. The maximum absolute atomic E-state index is 11.8. The van der Waals surface area contributed by atoms with Crippen molar-refractivity contribution in [3.63, 3.8) is 0 Å². The molecule has 2 rings (SSSR count). The molecule has 0 spiro atoms. The van der Waals surface area contributed by atoms with E-state index in [9.17, 15) is 4.79 Å². The molecule has 18 heavy (non-hydrogen) atoms. The molecule has 0 bridgehead atoms. The van der Waals surface area contributed by atoms with Gasteiger partial charge in [0, 0.05) is 26.1 Å². The van der Waals surface area contributed by atoms with Crippen molar-refractivity contribution < 1.29 is 4.79 Å². The zero-order valence-corrected chi connectivity index (χ0v) is 10.8. The summed E-state index contributed by atoms with van der Waals surface area (Å²) in [5.74, 6) is 0.796. The molecule has 0 aliphatic carbocycles. The molecule has 1 aromatic heterocycles. The molecule has 7 heteroatoms. The molecule has 1 aromatic rings. The summed E-state index contributed by atoms with van der Waals surface area (Å²) < 4.78 is 0. The van der Waals surface area contributed by atoms with Gasteiger partial charge in [-0.3, -0.25) is 4.79 Å². The lowest BCUT2D eigenvalue weighted by Gasteiger charge is -2.15. The van der Waals surface area contributed by atoms with E-state index in [4.69, 9.17) is 17.3 Å². The largest absolute Gasteiger partial charge is 0.368 e. The molecule has 2 heterocycles. The Kier molecular flexibility index (Phi) is 4.19. The fourth-order valence-electron chi connectivity index (χ4n) is 1.92. The van der Waals surface area contributed by atoms with Crippen LogP contribution in [0, 0.1) is 0 Å². The van der Waals surface area contributed by atoms with E-state index < -0.39 is 0 Å². The zero-order chi connectivity index (χ0) is 13.0. The van der Waals surface area contributed by atoms with E-state index in [0.29, 0.717) is 23.8 Å². The molecule has 1 aliphatic rings. The zero-order valence-electron chi connectivity index (χ0n) is 10.0. The van der Waals surface area contributed by atoms with Crippen molar-refractivity contribution in [3.05, 3.63) is 11.2 Å². The second-order valence-corrected chi connectivity index (χ2v) is 4.60. The van der Waals surface area contributed by atoms with Crippen LogP contribution in [0.2, 0.25) is 5.02 Å². The number of likely N-dealkylation sites (tertiary alicyclic amines) is 1. The number of rotatable bonds is 4. The topological polar surface area (TPSA) is 84.1 Å². The van der Waals surface area contributed by atoms with Crippen LogP contribution in [0.4, 0.5) is 11.8 Å². The summed E-state index contributed by atoms with van der Waals surface area (Å²) in [5, 5.41) is 3.40. The summed E-state index contributed by atoms with van der Waals surface area (Å²) >= 11 is 5.90. The summed E-state index contributed by atoms with van der Waals surface area (Å²) in [6, 6.07) is 0. The van der Waals surface area contributed by atoms with E-state index in [1.54, 1.807) is 0 Å². The van der Waals surface area contributed by atoms with Crippen LogP contribution < -0.4 is 11.1 Å². The molecule has 0 radical (unpaired) electrons. The lowest BCUT2D eigenvalue weighted by atomic mass is 10.3. The average molecular weight is 270 g/mol. The van der Waals surface area contributed by atoms with Crippen LogP contribution in [-0.4, -0.2) is 40.4 Å². The highest BCUT2D eigenvalue weighted by atomic mass is 35.5. The summed E-state index contributed by atoms with van der Waals surface area (Å²) in [4.78, 5) is 21.4. The second-order valence-electron chi connectivity index (χ2n) is 4.19. The van der Waals surface area contributed by atoms with Crippen LogP contribution in [0.25, 0.3) is 0 Å². The van der Waals surface area contributed by atoms with Crippen molar-refractivity contribution in [3.8, 4) is 0 Å². The fourth-order valence-corrected chi connectivity index (χ4v) is 2.08. The first kappa shape index (κ1) is 12.9. The molecule has 1 fully saturated rings.